The maximum atomic E-state index is 12.4. The Kier molecular flexibility index (Phi) is 3.57. The van der Waals surface area contributed by atoms with Crippen LogP contribution in [0.3, 0.4) is 0 Å². The number of anilines is 1. The second-order valence-electron chi connectivity index (χ2n) is 5.02. The number of hydrogen-bond donors (Lipinski definition) is 0. The fourth-order valence-corrected chi connectivity index (χ4v) is 2.41. The van der Waals surface area contributed by atoms with Gasteiger partial charge in [0.2, 0.25) is 0 Å². The van der Waals surface area contributed by atoms with Crippen molar-refractivity contribution in [2.75, 3.05) is 4.90 Å². The topological polar surface area (TPSA) is 107 Å². The Labute approximate surface area is 135 Å². The molecule has 1 aliphatic rings. The molecule has 8 nitrogen and oxygen atoms in total. The van der Waals surface area contributed by atoms with Crippen LogP contribution in [0.1, 0.15) is 27.6 Å². The predicted octanol–water partition coefficient (Wildman–Crippen LogP) is 2.32. The fourth-order valence-electron chi connectivity index (χ4n) is 2.41. The van der Waals surface area contributed by atoms with Crippen LogP contribution in [0.15, 0.2) is 42.5 Å². The molecule has 8 heteroatoms. The number of carbonyl (C=O) groups excluding carboxylic acids is 3. The van der Waals surface area contributed by atoms with Gasteiger partial charge in [-0.3, -0.25) is 24.5 Å². The van der Waals surface area contributed by atoms with Gasteiger partial charge in [0.25, 0.3) is 17.5 Å². The number of ether oxygens (including phenoxy) is 1. The van der Waals surface area contributed by atoms with Gasteiger partial charge in [-0.25, -0.2) is 4.90 Å². The van der Waals surface area contributed by atoms with Crippen LogP contribution in [-0.2, 0) is 4.79 Å². The normalized spacial score (nSPS) is 13.0. The molecule has 0 aromatic heterocycles. The van der Waals surface area contributed by atoms with Gasteiger partial charge in [0.05, 0.1) is 21.7 Å². The first-order valence-electron chi connectivity index (χ1n) is 6.84. The van der Waals surface area contributed by atoms with Crippen molar-refractivity contribution in [1.29, 1.82) is 0 Å². The summed E-state index contributed by atoms with van der Waals surface area (Å²) in [6.07, 6.45) is 0. The van der Waals surface area contributed by atoms with Crippen LogP contribution in [-0.4, -0.2) is 22.7 Å². The molecule has 24 heavy (non-hydrogen) atoms. The van der Waals surface area contributed by atoms with Gasteiger partial charge >= 0.3 is 5.97 Å². The molecule has 0 atom stereocenters. The molecule has 120 valence electrons. The third-order valence-corrected chi connectivity index (χ3v) is 3.44. The molecule has 0 bridgehead atoms. The van der Waals surface area contributed by atoms with Crippen molar-refractivity contribution in [3.63, 3.8) is 0 Å². The third-order valence-electron chi connectivity index (χ3n) is 3.44. The second kappa shape index (κ2) is 5.58. The summed E-state index contributed by atoms with van der Waals surface area (Å²) in [4.78, 5) is 46.9. The minimum atomic E-state index is -0.640. The summed E-state index contributed by atoms with van der Waals surface area (Å²) in [5, 5.41) is 10.8. The lowest BCUT2D eigenvalue weighted by atomic mass is 10.1. The fraction of sp³-hybridized carbons (Fsp3) is 0.0625. The van der Waals surface area contributed by atoms with Crippen molar-refractivity contribution < 1.29 is 24.0 Å². The molecule has 3 rings (SSSR count). The maximum Gasteiger partial charge on any atom is 0.308 e. The number of benzene rings is 2. The van der Waals surface area contributed by atoms with Crippen LogP contribution in [0.2, 0.25) is 0 Å². The number of nitro groups is 1. The Bertz CT molecular complexity index is 888. The summed E-state index contributed by atoms with van der Waals surface area (Å²) in [6.45, 7) is 1.25. The zero-order valence-electron chi connectivity index (χ0n) is 12.4. The van der Waals surface area contributed by atoms with E-state index in [-0.39, 0.29) is 28.3 Å². The lowest BCUT2D eigenvalue weighted by molar-refractivity contribution is -0.384. The first-order chi connectivity index (χ1) is 11.4. The Morgan fingerprint density at radius 1 is 1.04 bits per heavy atom. The molecule has 2 aromatic carbocycles. The van der Waals surface area contributed by atoms with Gasteiger partial charge in [0.15, 0.2) is 0 Å². The standard InChI is InChI=1S/C16H10N2O6/c1-9(19)24-12-5-2-10(3-6-12)17-15(20)13-7-4-11(18(22)23)8-14(13)16(17)21/h2-8H,1H3. The highest BCUT2D eigenvalue weighted by Crippen LogP contribution is 2.31. The smallest absolute Gasteiger partial charge is 0.308 e. The monoisotopic (exact) mass is 326 g/mol. The summed E-state index contributed by atoms with van der Waals surface area (Å²) in [6, 6.07) is 9.33. The highest BCUT2D eigenvalue weighted by atomic mass is 16.6. The first-order valence-corrected chi connectivity index (χ1v) is 6.84. The number of non-ortho nitro benzene ring substituents is 1. The van der Waals surface area contributed by atoms with Crippen LogP contribution < -0.4 is 9.64 Å². The zero-order chi connectivity index (χ0) is 17.4. The highest BCUT2D eigenvalue weighted by Gasteiger charge is 2.37. The van der Waals surface area contributed by atoms with Crippen molar-refractivity contribution in [2.45, 2.75) is 6.92 Å². The van der Waals surface area contributed by atoms with E-state index in [2.05, 4.69) is 0 Å². The van der Waals surface area contributed by atoms with Gasteiger partial charge in [-0.2, -0.15) is 0 Å². The van der Waals surface area contributed by atoms with E-state index in [0.29, 0.717) is 0 Å². The lowest BCUT2D eigenvalue weighted by Gasteiger charge is -2.14. The molecule has 0 saturated heterocycles. The summed E-state index contributed by atoms with van der Waals surface area (Å²) in [5.74, 6) is -1.42. The summed E-state index contributed by atoms with van der Waals surface area (Å²) in [5.41, 5.74) is 0.106. The van der Waals surface area contributed by atoms with Crippen molar-refractivity contribution in [1.82, 2.24) is 0 Å². The largest absolute Gasteiger partial charge is 0.427 e. The number of rotatable bonds is 3. The molecule has 0 unspecified atom stereocenters. The maximum absolute atomic E-state index is 12.4. The second-order valence-corrected chi connectivity index (χ2v) is 5.02. The Morgan fingerprint density at radius 3 is 2.25 bits per heavy atom. The molecule has 2 amide bonds. The molecule has 0 saturated carbocycles. The summed E-state index contributed by atoms with van der Waals surface area (Å²) < 4.78 is 4.89. The lowest BCUT2D eigenvalue weighted by Crippen LogP contribution is -2.29. The van der Waals surface area contributed by atoms with Crippen LogP contribution in [0.25, 0.3) is 0 Å². The van der Waals surface area contributed by atoms with Gasteiger partial charge in [-0.15, -0.1) is 0 Å². The molecular formula is C16H10N2O6. The minimum Gasteiger partial charge on any atom is -0.427 e. The average Bonchev–Trinajstić information content (AvgIpc) is 2.79. The van der Waals surface area contributed by atoms with Crippen LogP contribution >= 0.6 is 0 Å². The van der Waals surface area contributed by atoms with Gasteiger partial charge in [0.1, 0.15) is 5.75 Å². The van der Waals surface area contributed by atoms with E-state index in [9.17, 15) is 24.5 Å². The van der Waals surface area contributed by atoms with E-state index in [1.807, 2.05) is 0 Å². The number of carbonyl (C=O) groups is 3. The zero-order valence-corrected chi connectivity index (χ0v) is 12.4. The number of nitrogens with zero attached hydrogens (tertiary/aromatic N) is 2. The van der Waals surface area contributed by atoms with E-state index in [0.717, 1.165) is 11.0 Å². The number of nitro benzene ring substituents is 1. The summed E-state index contributed by atoms with van der Waals surface area (Å²) >= 11 is 0. The molecule has 0 aliphatic carbocycles. The van der Waals surface area contributed by atoms with Crippen molar-refractivity contribution in [2.24, 2.45) is 0 Å². The molecule has 0 N–H and O–H groups in total. The van der Waals surface area contributed by atoms with Crippen molar-refractivity contribution in [3.8, 4) is 5.75 Å². The molecule has 2 aromatic rings. The molecular weight excluding hydrogens is 316 g/mol. The van der Waals surface area contributed by atoms with Crippen LogP contribution in [0.5, 0.6) is 5.75 Å². The number of amides is 2. The summed E-state index contributed by atoms with van der Waals surface area (Å²) in [7, 11) is 0. The average molecular weight is 326 g/mol. The molecule has 0 radical (unpaired) electrons. The number of esters is 1. The van der Waals surface area contributed by atoms with Crippen LogP contribution in [0, 0.1) is 10.1 Å². The Morgan fingerprint density at radius 2 is 1.67 bits per heavy atom. The van der Waals surface area contributed by atoms with Gasteiger partial charge < -0.3 is 4.74 Å². The highest BCUT2D eigenvalue weighted by molar-refractivity contribution is 6.34. The van der Waals surface area contributed by atoms with Gasteiger partial charge in [0, 0.05) is 19.1 Å². The molecule has 1 heterocycles. The number of hydrogen-bond acceptors (Lipinski definition) is 6. The molecule has 0 fully saturated rings. The first kappa shape index (κ1) is 15.3. The molecule has 0 spiro atoms. The van der Waals surface area contributed by atoms with E-state index >= 15 is 0 Å². The van der Waals surface area contributed by atoms with Crippen LogP contribution in [0.4, 0.5) is 11.4 Å². The van der Waals surface area contributed by atoms with Crippen molar-refractivity contribution >= 4 is 29.2 Å². The SMILES string of the molecule is CC(=O)Oc1ccc(N2C(=O)c3ccc([N+](=O)[O-])cc3C2=O)cc1. The van der Waals surface area contributed by atoms with E-state index in [1.165, 1.54) is 43.3 Å². The van der Waals surface area contributed by atoms with Gasteiger partial charge in [-0.05, 0) is 30.3 Å². The number of imide groups is 1. The number of fused-ring (bicyclic) bond motifs is 1. The van der Waals surface area contributed by atoms with E-state index in [1.54, 1.807) is 0 Å². The third kappa shape index (κ3) is 2.50. The Balaban J connectivity index is 1.95. The Hall–Kier alpha value is -3.55. The minimum absolute atomic E-state index is 0.0155. The predicted molar refractivity (Wildman–Crippen MR) is 82.0 cm³/mol. The van der Waals surface area contributed by atoms with E-state index in [4.69, 9.17) is 4.74 Å². The van der Waals surface area contributed by atoms with E-state index < -0.39 is 22.7 Å². The quantitative estimate of drug-likeness (QED) is 0.282. The van der Waals surface area contributed by atoms with Crippen molar-refractivity contribution in [3.05, 3.63) is 63.7 Å². The molecule has 1 aliphatic heterocycles. The van der Waals surface area contributed by atoms with Gasteiger partial charge in [-0.1, -0.05) is 0 Å².